The molecule has 10 heteroatoms. The van der Waals surface area contributed by atoms with Crippen LogP contribution in [-0.4, -0.2) is 48.6 Å². The zero-order chi connectivity index (χ0) is 18.9. The van der Waals surface area contributed by atoms with Gasteiger partial charge in [0, 0.05) is 18.8 Å². The van der Waals surface area contributed by atoms with E-state index in [9.17, 15) is 13.2 Å². The molecule has 1 aromatic carbocycles. The van der Waals surface area contributed by atoms with Crippen molar-refractivity contribution in [2.45, 2.75) is 19.0 Å². The van der Waals surface area contributed by atoms with Gasteiger partial charge in [-0.15, -0.1) is 0 Å². The summed E-state index contributed by atoms with van der Waals surface area (Å²) in [7, 11) is -3.00. The molecule has 1 atom stereocenters. The Hall–Kier alpha value is -2.88. The van der Waals surface area contributed by atoms with Crippen molar-refractivity contribution >= 4 is 21.7 Å². The molecule has 2 N–H and O–H groups in total. The number of hydrogen-bond acceptors (Lipinski definition) is 8. The Morgan fingerprint density at radius 2 is 2.07 bits per heavy atom. The van der Waals surface area contributed by atoms with Gasteiger partial charge < -0.3 is 20.1 Å². The average molecular weight is 390 g/mol. The SMILES string of the molecule is O=C(NCc1ccc2c(c1)OCO2)c1ccnc(NC2CCS(=O)(=O)C2)n1. The summed E-state index contributed by atoms with van der Waals surface area (Å²) < 4.78 is 33.6. The van der Waals surface area contributed by atoms with Crippen LogP contribution in [0.5, 0.6) is 11.5 Å². The maximum atomic E-state index is 12.4. The summed E-state index contributed by atoms with van der Waals surface area (Å²) in [5.74, 6) is 1.44. The molecule has 4 rings (SSSR count). The van der Waals surface area contributed by atoms with E-state index in [1.165, 1.54) is 12.3 Å². The third-order valence-corrected chi connectivity index (χ3v) is 6.11. The number of sulfone groups is 1. The zero-order valence-corrected chi connectivity index (χ0v) is 15.2. The lowest BCUT2D eigenvalue weighted by atomic mass is 10.2. The van der Waals surface area contributed by atoms with E-state index in [2.05, 4.69) is 20.6 Å². The quantitative estimate of drug-likeness (QED) is 0.767. The number of nitrogens with one attached hydrogen (secondary N) is 2. The van der Waals surface area contributed by atoms with Crippen molar-refractivity contribution in [2.24, 2.45) is 0 Å². The number of hydrogen-bond donors (Lipinski definition) is 2. The first-order valence-corrected chi connectivity index (χ1v) is 10.3. The molecule has 1 amide bonds. The summed E-state index contributed by atoms with van der Waals surface area (Å²) in [6, 6.07) is 6.73. The van der Waals surface area contributed by atoms with E-state index in [4.69, 9.17) is 9.47 Å². The Kier molecular flexibility index (Phi) is 4.56. The van der Waals surface area contributed by atoms with Crippen LogP contribution in [0.4, 0.5) is 5.95 Å². The molecule has 0 bridgehead atoms. The zero-order valence-electron chi connectivity index (χ0n) is 14.3. The first-order valence-electron chi connectivity index (χ1n) is 8.45. The number of nitrogens with zero attached hydrogens (tertiary/aromatic N) is 2. The number of aromatic nitrogens is 2. The molecule has 1 fully saturated rings. The van der Waals surface area contributed by atoms with E-state index in [1.807, 2.05) is 12.1 Å². The van der Waals surface area contributed by atoms with Crippen LogP contribution in [0.2, 0.25) is 0 Å². The number of anilines is 1. The van der Waals surface area contributed by atoms with Gasteiger partial charge in [0.2, 0.25) is 12.7 Å². The molecule has 2 aromatic rings. The first-order chi connectivity index (χ1) is 13.0. The Morgan fingerprint density at radius 1 is 1.22 bits per heavy atom. The molecule has 27 heavy (non-hydrogen) atoms. The minimum Gasteiger partial charge on any atom is -0.454 e. The van der Waals surface area contributed by atoms with Crippen LogP contribution in [-0.2, 0) is 16.4 Å². The van der Waals surface area contributed by atoms with Crippen molar-refractivity contribution < 1.29 is 22.7 Å². The normalized spacial score (nSPS) is 19.6. The van der Waals surface area contributed by atoms with Crippen LogP contribution in [0.25, 0.3) is 0 Å². The Bertz CT molecular complexity index is 979. The highest BCUT2D eigenvalue weighted by molar-refractivity contribution is 7.91. The van der Waals surface area contributed by atoms with Gasteiger partial charge in [0.05, 0.1) is 11.5 Å². The standard InChI is InChI=1S/C17H18N4O5S/c22-16(19-8-11-1-2-14-15(7-11)26-10-25-14)13-3-5-18-17(21-13)20-12-4-6-27(23,24)9-12/h1-3,5,7,12H,4,6,8-10H2,(H,19,22)(H,18,20,21). The first kappa shape index (κ1) is 17.5. The molecule has 2 aliphatic heterocycles. The van der Waals surface area contributed by atoms with Gasteiger partial charge in [-0.25, -0.2) is 18.4 Å². The smallest absolute Gasteiger partial charge is 0.270 e. The Balaban J connectivity index is 1.37. The van der Waals surface area contributed by atoms with E-state index in [0.717, 1.165) is 5.56 Å². The predicted octanol–water partition coefficient (Wildman–Crippen LogP) is 0.734. The van der Waals surface area contributed by atoms with Crippen LogP contribution >= 0.6 is 0 Å². The average Bonchev–Trinajstić information content (AvgIpc) is 3.25. The van der Waals surface area contributed by atoms with Gasteiger partial charge in [-0.05, 0) is 30.2 Å². The third-order valence-electron chi connectivity index (χ3n) is 4.34. The molecule has 142 valence electrons. The predicted molar refractivity (Wildman–Crippen MR) is 96.4 cm³/mol. The highest BCUT2D eigenvalue weighted by Gasteiger charge is 2.28. The van der Waals surface area contributed by atoms with Gasteiger partial charge in [0.15, 0.2) is 21.3 Å². The van der Waals surface area contributed by atoms with Crippen LogP contribution in [0.15, 0.2) is 30.5 Å². The summed E-state index contributed by atoms with van der Waals surface area (Å²) in [5.41, 5.74) is 1.07. The molecule has 9 nitrogen and oxygen atoms in total. The number of fused-ring (bicyclic) bond motifs is 1. The Labute approximate surface area is 156 Å². The second-order valence-electron chi connectivity index (χ2n) is 6.38. The van der Waals surface area contributed by atoms with E-state index < -0.39 is 9.84 Å². The molecule has 0 spiro atoms. The fourth-order valence-corrected chi connectivity index (χ4v) is 4.64. The van der Waals surface area contributed by atoms with Crippen molar-refractivity contribution in [1.29, 1.82) is 0 Å². The van der Waals surface area contributed by atoms with Gasteiger partial charge in [-0.3, -0.25) is 4.79 Å². The molecule has 0 radical (unpaired) electrons. The van der Waals surface area contributed by atoms with Crippen LogP contribution in [0, 0.1) is 0 Å². The van der Waals surface area contributed by atoms with Crippen molar-refractivity contribution in [3.63, 3.8) is 0 Å². The minimum absolute atomic E-state index is 0.0525. The van der Waals surface area contributed by atoms with E-state index in [0.29, 0.717) is 24.5 Å². The molecule has 1 aromatic heterocycles. The van der Waals surface area contributed by atoms with Gasteiger partial charge >= 0.3 is 0 Å². The molecule has 1 unspecified atom stereocenters. The number of amides is 1. The largest absolute Gasteiger partial charge is 0.454 e. The van der Waals surface area contributed by atoms with E-state index >= 15 is 0 Å². The molecule has 2 aliphatic rings. The van der Waals surface area contributed by atoms with Crippen LogP contribution in [0.1, 0.15) is 22.5 Å². The number of rotatable bonds is 5. The molecular formula is C17H18N4O5S. The second kappa shape index (κ2) is 7.03. The van der Waals surface area contributed by atoms with Crippen molar-refractivity contribution in [3.8, 4) is 11.5 Å². The fourth-order valence-electron chi connectivity index (χ4n) is 2.97. The van der Waals surface area contributed by atoms with Crippen LogP contribution in [0.3, 0.4) is 0 Å². The summed E-state index contributed by atoms with van der Waals surface area (Å²) in [6.45, 7) is 0.507. The second-order valence-corrected chi connectivity index (χ2v) is 8.61. The van der Waals surface area contributed by atoms with E-state index in [-0.39, 0.29) is 41.9 Å². The maximum Gasteiger partial charge on any atom is 0.270 e. The molecule has 0 aliphatic carbocycles. The van der Waals surface area contributed by atoms with Crippen LogP contribution < -0.4 is 20.1 Å². The van der Waals surface area contributed by atoms with Gasteiger partial charge in [0.25, 0.3) is 5.91 Å². The summed E-state index contributed by atoms with van der Waals surface area (Å²) in [5, 5.41) is 5.77. The Morgan fingerprint density at radius 3 is 2.89 bits per heavy atom. The van der Waals surface area contributed by atoms with E-state index in [1.54, 1.807) is 6.07 Å². The van der Waals surface area contributed by atoms with Gasteiger partial charge in [-0.2, -0.15) is 0 Å². The van der Waals surface area contributed by atoms with Gasteiger partial charge in [-0.1, -0.05) is 6.07 Å². The topological polar surface area (TPSA) is 120 Å². The minimum atomic E-state index is -3.00. The van der Waals surface area contributed by atoms with Crippen molar-refractivity contribution in [1.82, 2.24) is 15.3 Å². The number of ether oxygens (including phenoxy) is 2. The van der Waals surface area contributed by atoms with Gasteiger partial charge in [0.1, 0.15) is 5.69 Å². The summed E-state index contributed by atoms with van der Waals surface area (Å²) >= 11 is 0. The van der Waals surface area contributed by atoms with Crippen molar-refractivity contribution in [3.05, 3.63) is 41.7 Å². The number of carbonyl (C=O) groups excluding carboxylic acids is 1. The fraction of sp³-hybridized carbons (Fsp3) is 0.353. The lowest BCUT2D eigenvalue weighted by Gasteiger charge is -2.11. The molecule has 0 saturated carbocycles. The monoisotopic (exact) mass is 390 g/mol. The maximum absolute atomic E-state index is 12.4. The third kappa shape index (κ3) is 4.11. The number of benzene rings is 1. The molecular weight excluding hydrogens is 372 g/mol. The summed E-state index contributed by atoms with van der Waals surface area (Å²) in [6.07, 6.45) is 1.97. The lowest BCUT2D eigenvalue weighted by molar-refractivity contribution is 0.0945. The highest BCUT2D eigenvalue weighted by atomic mass is 32.2. The highest BCUT2D eigenvalue weighted by Crippen LogP contribution is 2.32. The number of carbonyl (C=O) groups is 1. The lowest BCUT2D eigenvalue weighted by Crippen LogP contribution is -2.26. The molecule has 1 saturated heterocycles. The van der Waals surface area contributed by atoms with Crippen molar-refractivity contribution in [2.75, 3.05) is 23.6 Å². The summed E-state index contributed by atoms with van der Waals surface area (Å²) in [4.78, 5) is 20.6. The molecule has 3 heterocycles.